The molecule has 33 heavy (non-hydrogen) atoms. The summed E-state index contributed by atoms with van der Waals surface area (Å²) in [5, 5.41) is 12.5. The molecule has 0 aromatic heterocycles. The maximum absolute atomic E-state index is 12.9. The molecule has 1 aliphatic rings. The number of benzene rings is 3. The second-order valence-electron chi connectivity index (χ2n) is 8.00. The Morgan fingerprint density at radius 2 is 1.61 bits per heavy atom. The molecule has 0 radical (unpaired) electrons. The monoisotopic (exact) mass is 483 g/mol. The van der Waals surface area contributed by atoms with E-state index in [2.05, 4.69) is 16.3 Å². The normalized spacial score (nSPS) is 13.7. The first kappa shape index (κ1) is 23.3. The summed E-state index contributed by atoms with van der Waals surface area (Å²) in [7, 11) is 0. The molecule has 0 unspecified atom stereocenters. The minimum absolute atomic E-state index is 0.284. The molecule has 6 nitrogen and oxygen atoms in total. The van der Waals surface area contributed by atoms with Gasteiger partial charge < -0.3 is 5.32 Å². The van der Waals surface area contributed by atoms with E-state index in [-0.39, 0.29) is 10.9 Å². The fourth-order valence-corrected chi connectivity index (χ4v) is 4.47. The highest BCUT2D eigenvalue weighted by Gasteiger charge is 2.16. The standard InChI is InChI=1S/C25H23Cl2N3O3/c26-20-7-8-22(23(27)14-20)25(32)28-21-12-16(15-30-9-1-2-10-30)11-19(13-21)17-3-5-18(6-4-17)24(31)29-33/h3-8,11-14,33H,1-2,9-10,15H2,(H,28,32)(H,29,31). The summed E-state index contributed by atoms with van der Waals surface area (Å²) in [5.74, 6) is -0.895. The van der Waals surface area contributed by atoms with Crippen molar-refractivity contribution in [3.8, 4) is 11.1 Å². The summed E-state index contributed by atoms with van der Waals surface area (Å²) < 4.78 is 0. The number of halogens is 2. The second-order valence-corrected chi connectivity index (χ2v) is 8.84. The van der Waals surface area contributed by atoms with Crippen LogP contribution >= 0.6 is 23.2 Å². The number of likely N-dealkylation sites (tertiary alicyclic amines) is 1. The van der Waals surface area contributed by atoms with E-state index in [1.807, 2.05) is 12.1 Å². The van der Waals surface area contributed by atoms with Crippen LogP contribution in [-0.2, 0) is 6.54 Å². The van der Waals surface area contributed by atoms with Gasteiger partial charge in [-0.05, 0) is 91.2 Å². The predicted octanol–water partition coefficient (Wildman–Crippen LogP) is 5.63. The van der Waals surface area contributed by atoms with E-state index in [9.17, 15) is 9.59 Å². The Morgan fingerprint density at radius 3 is 2.27 bits per heavy atom. The fraction of sp³-hybridized carbons (Fsp3) is 0.200. The van der Waals surface area contributed by atoms with Gasteiger partial charge in [0.05, 0.1) is 10.6 Å². The van der Waals surface area contributed by atoms with Crippen molar-refractivity contribution in [2.45, 2.75) is 19.4 Å². The van der Waals surface area contributed by atoms with Crippen LogP contribution in [0.2, 0.25) is 10.0 Å². The molecule has 1 heterocycles. The van der Waals surface area contributed by atoms with Crippen molar-refractivity contribution in [1.82, 2.24) is 10.4 Å². The van der Waals surface area contributed by atoms with Crippen molar-refractivity contribution in [3.05, 3.63) is 87.4 Å². The Kier molecular flexibility index (Phi) is 7.30. The Hall–Kier alpha value is -2.90. The van der Waals surface area contributed by atoms with Crippen LogP contribution in [0.3, 0.4) is 0 Å². The zero-order valence-electron chi connectivity index (χ0n) is 17.8. The van der Waals surface area contributed by atoms with Gasteiger partial charge in [-0.2, -0.15) is 0 Å². The van der Waals surface area contributed by atoms with E-state index >= 15 is 0 Å². The maximum atomic E-state index is 12.9. The minimum atomic E-state index is -0.572. The lowest BCUT2D eigenvalue weighted by Gasteiger charge is -2.17. The lowest BCUT2D eigenvalue weighted by molar-refractivity contribution is 0.0706. The third-order valence-corrected chi connectivity index (χ3v) is 6.16. The number of carbonyl (C=O) groups is 2. The van der Waals surface area contributed by atoms with Crippen LogP contribution in [0.15, 0.2) is 60.7 Å². The Bertz CT molecular complexity index is 1180. The molecule has 0 bridgehead atoms. The number of hydroxylamine groups is 1. The van der Waals surface area contributed by atoms with E-state index in [4.69, 9.17) is 28.4 Å². The smallest absolute Gasteiger partial charge is 0.274 e. The number of anilines is 1. The summed E-state index contributed by atoms with van der Waals surface area (Å²) in [6.45, 7) is 2.89. The van der Waals surface area contributed by atoms with Crippen LogP contribution in [0.25, 0.3) is 11.1 Å². The number of hydrogen-bond acceptors (Lipinski definition) is 4. The third kappa shape index (κ3) is 5.72. The van der Waals surface area contributed by atoms with Crippen molar-refractivity contribution >= 4 is 40.7 Å². The molecule has 0 saturated carbocycles. The summed E-state index contributed by atoms with van der Waals surface area (Å²) in [4.78, 5) is 26.9. The van der Waals surface area contributed by atoms with Gasteiger partial charge in [-0.3, -0.25) is 19.7 Å². The van der Waals surface area contributed by atoms with Gasteiger partial charge in [-0.25, -0.2) is 5.48 Å². The van der Waals surface area contributed by atoms with Crippen molar-refractivity contribution in [1.29, 1.82) is 0 Å². The van der Waals surface area contributed by atoms with Gasteiger partial charge in [0.1, 0.15) is 0 Å². The molecule has 170 valence electrons. The van der Waals surface area contributed by atoms with Crippen molar-refractivity contribution < 1.29 is 14.8 Å². The third-order valence-electron chi connectivity index (χ3n) is 5.61. The topological polar surface area (TPSA) is 81.7 Å². The lowest BCUT2D eigenvalue weighted by atomic mass is 10.00. The number of amides is 2. The molecule has 8 heteroatoms. The maximum Gasteiger partial charge on any atom is 0.274 e. The zero-order chi connectivity index (χ0) is 23.4. The van der Waals surface area contributed by atoms with Gasteiger partial charge in [0.15, 0.2) is 0 Å². The highest BCUT2D eigenvalue weighted by Crippen LogP contribution is 2.28. The SMILES string of the molecule is O=C(NO)c1ccc(-c2cc(CN3CCCC3)cc(NC(=O)c3ccc(Cl)cc3Cl)c2)cc1. The van der Waals surface area contributed by atoms with Crippen LogP contribution < -0.4 is 10.8 Å². The molecular weight excluding hydrogens is 461 g/mol. The molecule has 2 amide bonds. The van der Waals surface area contributed by atoms with Crippen LogP contribution in [0.4, 0.5) is 5.69 Å². The summed E-state index contributed by atoms with van der Waals surface area (Å²) >= 11 is 12.2. The highest BCUT2D eigenvalue weighted by atomic mass is 35.5. The Balaban J connectivity index is 1.65. The molecular formula is C25H23Cl2N3O3. The highest BCUT2D eigenvalue weighted by molar-refractivity contribution is 6.37. The first-order chi connectivity index (χ1) is 15.9. The number of hydrogen-bond donors (Lipinski definition) is 3. The lowest BCUT2D eigenvalue weighted by Crippen LogP contribution is -2.19. The zero-order valence-corrected chi connectivity index (χ0v) is 19.3. The summed E-state index contributed by atoms with van der Waals surface area (Å²) in [5.41, 5.74) is 5.83. The molecule has 4 rings (SSSR count). The van der Waals surface area contributed by atoms with Gasteiger partial charge in [-0.1, -0.05) is 35.3 Å². The fourth-order valence-electron chi connectivity index (χ4n) is 3.97. The van der Waals surface area contributed by atoms with Gasteiger partial charge in [0, 0.05) is 22.8 Å². The van der Waals surface area contributed by atoms with Crippen LogP contribution in [0, 0.1) is 0 Å². The van der Waals surface area contributed by atoms with Crippen molar-refractivity contribution in [2.75, 3.05) is 18.4 Å². The van der Waals surface area contributed by atoms with Crippen molar-refractivity contribution in [2.24, 2.45) is 0 Å². The van der Waals surface area contributed by atoms with Gasteiger partial charge in [0.2, 0.25) is 0 Å². The van der Waals surface area contributed by atoms with Crippen LogP contribution in [-0.4, -0.2) is 35.0 Å². The average Bonchev–Trinajstić information content (AvgIpc) is 3.31. The molecule has 0 spiro atoms. The molecule has 1 aliphatic heterocycles. The number of rotatable bonds is 6. The van der Waals surface area contributed by atoms with Crippen molar-refractivity contribution in [3.63, 3.8) is 0 Å². The van der Waals surface area contributed by atoms with Gasteiger partial charge in [0.25, 0.3) is 11.8 Å². The van der Waals surface area contributed by atoms with E-state index < -0.39 is 5.91 Å². The molecule has 3 aromatic carbocycles. The van der Waals surface area contributed by atoms with Gasteiger partial charge >= 0.3 is 0 Å². The molecule has 3 N–H and O–H groups in total. The molecule has 0 atom stereocenters. The number of carbonyl (C=O) groups excluding carboxylic acids is 2. The summed E-state index contributed by atoms with van der Waals surface area (Å²) in [6.07, 6.45) is 2.37. The average molecular weight is 484 g/mol. The van der Waals surface area contributed by atoms with Crippen LogP contribution in [0.1, 0.15) is 39.1 Å². The molecule has 1 fully saturated rings. The number of nitrogens with one attached hydrogen (secondary N) is 2. The Morgan fingerprint density at radius 1 is 0.879 bits per heavy atom. The van der Waals surface area contributed by atoms with E-state index in [1.54, 1.807) is 41.9 Å². The second kappa shape index (κ2) is 10.4. The quantitative estimate of drug-likeness (QED) is 0.313. The van der Waals surface area contributed by atoms with E-state index in [0.29, 0.717) is 21.8 Å². The largest absolute Gasteiger partial charge is 0.322 e. The van der Waals surface area contributed by atoms with Crippen LogP contribution in [0.5, 0.6) is 0 Å². The molecule has 1 saturated heterocycles. The molecule has 3 aromatic rings. The predicted molar refractivity (Wildman–Crippen MR) is 130 cm³/mol. The first-order valence-electron chi connectivity index (χ1n) is 10.6. The number of nitrogens with zero attached hydrogens (tertiary/aromatic N) is 1. The van der Waals surface area contributed by atoms with E-state index in [0.717, 1.165) is 36.3 Å². The molecule has 0 aliphatic carbocycles. The van der Waals surface area contributed by atoms with Gasteiger partial charge in [-0.15, -0.1) is 0 Å². The first-order valence-corrected chi connectivity index (χ1v) is 11.4. The minimum Gasteiger partial charge on any atom is -0.322 e. The van der Waals surface area contributed by atoms with E-state index in [1.165, 1.54) is 18.9 Å². The summed E-state index contributed by atoms with van der Waals surface area (Å²) in [6, 6.07) is 17.6. The Labute approximate surface area is 202 Å².